The van der Waals surface area contributed by atoms with Crippen LogP contribution in [0.25, 0.3) is 10.9 Å². The van der Waals surface area contributed by atoms with Crippen LogP contribution in [0.1, 0.15) is 24.6 Å². The molecule has 0 saturated carbocycles. The molecule has 0 spiro atoms. The molecule has 94 valence electrons. The van der Waals surface area contributed by atoms with Crippen LogP contribution in [0.2, 0.25) is 0 Å². The number of pyridine rings is 1. The largest absolute Gasteiger partial charge is 0.384 e. The van der Waals surface area contributed by atoms with Crippen LogP contribution in [0.4, 0.5) is 10.1 Å². The predicted molar refractivity (Wildman–Crippen MR) is 75.6 cm³/mol. The van der Waals surface area contributed by atoms with Gasteiger partial charge < -0.3 is 5.32 Å². The third kappa shape index (κ3) is 1.70. The van der Waals surface area contributed by atoms with Crippen molar-refractivity contribution in [2.75, 3.05) is 11.9 Å². The maximum Gasteiger partial charge on any atom is 0.149 e. The predicted octanol–water partition coefficient (Wildman–Crippen LogP) is 4.06. The second-order valence-electron chi connectivity index (χ2n) is 4.55. The molecular weight excluding hydrogens is 295 g/mol. The number of halogens is 2. The first-order valence-corrected chi connectivity index (χ1v) is 7.05. The third-order valence-electron chi connectivity index (χ3n) is 3.42. The molecule has 18 heavy (non-hydrogen) atoms. The second kappa shape index (κ2) is 4.50. The number of aromatic nitrogens is 1. The highest BCUT2D eigenvalue weighted by molar-refractivity contribution is 9.10. The topological polar surface area (TPSA) is 24.9 Å². The van der Waals surface area contributed by atoms with Crippen molar-refractivity contribution in [2.45, 2.75) is 26.2 Å². The first-order valence-electron chi connectivity index (χ1n) is 6.25. The minimum atomic E-state index is -0.248. The first-order chi connectivity index (χ1) is 8.72. The van der Waals surface area contributed by atoms with E-state index < -0.39 is 0 Å². The van der Waals surface area contributed by atoms with Crippen molar-refractivity contribution in [1.82, 2.24) is 4.98 Å². The highest BCUT2D eigenvalue weighted by Gasteiger charge is 2.21. The summed E-state index contributed by atoms with van der Waals surface area (Å²) in [6, 6.07) is 3.22. The lowest BCUT2D eigenvalue weighted by atomic mass is 10.1. The van der Waals surface area contributed by atoms with Crippen molar-refractivity contribution in [2.24, 2.45) is 0 Å². The average molecular weight is 309 g/mol. The number of nitrogens with one attached hydrogen (secondary N) is 1. The maximum absolute atomic E-state index is 13.9. The quantitative estimate of drug-likeness (QED) is 0.905. The lowest BCUT2D eigenvalue weighted by molar-refractivity contribution is 0.636. The molecule has 0 radical (unpaired) electrons. The Morgan fingerprint density at radius 2 is 2.22 bits per heavy atom. The lowest BCUT2D eigenvalue weighted by Gasteiger charge is -2.15. The van der Waals surface area contributed by atoms with Gasteiger partial charge in [-0.2, -0.15) is 0 Å². The van der Waals surface area contributed by atoms with Crippen LogP contribution in [0.3, 0.4) is 0 Å². The summed E-state index contributed by atoms with van der Waals surface area (Å²) in [5.41, 5.74) is 3.84. The number of fused-ring (bicyclic) bond motifs is 2. The molecule has 1 aromatic carbocycles. The highest BCUT2D eigenvalue weighted by atomic mass is 79.9. The molecule has 1 aromatic heterocycles. The van der Waals surface area contributed by atoms with Crippen LogP contribution < -0.4 is 5.32 Å². The standard InChI is InChI=1S/C14H14BrFN2/c1-2-17-13-8-4-3-5-11(8)18-14-10(16)7-6-9(15)12(13)14/h6-7H,2-5H2,1H3,(H,17,18). The van der Waals surface area contributed by atoms with E-state index in [1.807, 2.05) is 0 Å². The fourth-order valence-electron chi connectivity index (χ4n) is 2.67. The van der Waals surface area contributed by atoms with E-state index in [0.717, 1.165) is 47.0 Å². The zero-order chi connectivity index (χ0) is 12.7. The van der Waals surface area contributed by atoms with Gasteiger partial charge in [-0.3, -0.25) is 0 Å². The summed E-state index contributed by atoms with van der Waals surface area (Å²) >= 11 is 3.51. The molecule has 0 bridgehead atoms. The molecular formula is C14H14BrFN2. The van der Waals surface area contributed by atoms with E-state index in [0.29, 0.717) is 5.52 Å². The fraction of sp³-hybridized carbons (Fsp3) is 0.357. The smallest absolute Gasteiger partial charge is 0.149 e. The maximum atomic E-state index is 13.9. The molecule has 1 N–H and O–H groups in total. The van der Waals surface area contributed by atoms with Gasteiger partial charge in [0.2, 0.25) is 0 Å². The van der Waals surface area contributed by atoms with Crippen LogP contribution in [0.5, 0.6) is 0 Å². The third-order valence-corrected chi connectivity index (χ3v) is 4.08. The number of benzene rings is 1. The van der Waals surface area contributed by atoms with E-state index in [1.165, 1.54) is 11.6 Å². The normalized spacial score (nSPS) is 13.9. The summed E-state index contributed by atoms with van der Waals surface area (Å²) < 4.78 is 14.8. The summed E-state index contributed by atoms with van der Waals surface area (Å²) in [6.07, 6.45) is 3.09. The Labute approximate surface area is 114 Å². The van der Waals surface area contributed by atoms with E-state index in [4.69, 9.17) is 0 Å². The van der Waals surface area contributed by atoms with E-state index >= 15 is 0 Å². The van der Waals surface area contributed by atoms with Gasteiger partial charge >= 0.3 is 0 Å². The van der Waals surface area contributed by atoms with Gasteiger partial charge in [-0.25, -0.2) is 9.37 Å². The van der Waals surface area contributed by atoms with Gasteiger partial charge in [0.15, 0.2) is 0 Å². The Morgan fingerprint density at radius 1 is 1.39 bits per heavy atom. The van der Waals surface area contributed by atoms with Crippen molar-refractivity contribution in [3.8, 4) is 0 Å². The van der Waals surface area contributed by atoms with E-state index in [-0.39, 0.29) is 5.82 Å². The number of aryl methyl sites for hydroxylation is 1. The van der Waals surface area contributed by atoms with Gasteiger partial charge in [-0.15, -0.1) is 0 Å². The molecule has 0 fully saturated rings. The Hall–Kier alpha value is -1.16. The number of hydrogen-bond donors (Lipinski definition) is 1. The lowest BCUT2D eigenvalue weighted by Crippen LogP contribution is -2.04. The van der Waals surface area contributed by atoms with Crippen LogP contribution >= 0.6 is 15.9 Å². The molecule has 2 nitrogen and oxygen atoms in total. The Bertz CT molecular complexity index is 625. The zero-order valence-corrected chi connectivity index (χ0v) is 11.8. The van der Waals surface area contributed by atoms with Crippen LogP contribution in [-0.4, -0.2) is 11.5 Å². The van der Waals surface area contributed by atoms with Gasteiger partial charge in [0, 0.05) is 27.8 Å². The number of anilines is 1. The van der Waals surface area contributed by atoms with Crippen LogP contribution in [-0.2, 0) is 12.8 Å². The minimum absolute atomic E-state index is 0.248. The van der Waals surface area contributed by atoms with Gasteiger partial charge in [-0.1, -0.05) is 15.9 Å². The molecule has 1 heterocycles. The van der Waals surface area contributed by atoms with Crippen molar-refractivity contribution in [1.29, 1.82) is 0 Å². The van der Waals surface area contributed by atoms with Gasteiger partial charge in [0.1, 0.15) is 11.3 Å². The Balaban J connectivity index is 2.42. The highest BCUT2D eigenvalue weighted by Crippen LogP contribution is 2.38. The van der Waals surface area contributed by atoms with Crippen molar-refractivity contribution < 1.29 is 4.39 Å². The zero-order valence-electron chi connectivity index (χ0n) is 10.2. The number of hydrogen-bond acceptors (Lipinski definition) is 2. The van der Waals surface area contributed by atoms with Crippen molar-refractivity contribution in [3.63, 3.8) is 0 Å². The summed E-state index contributed by atoms with van der Waals surface area (Å²) in [7, 11) is 0. The van der Waals surface area contributed by atoms with Gasteiger partial charge in [0.25, 0.3) is 0 Å². The molecule has 0 amide bonds. The van der Waals surface area contributed by atoms with E-state index in [1.54, 1.807) is 6.07 Å². The molecule has 0 unspecified atom stereocenters. The van der Waals surface area contributed by atoms with Crippen molar-refractivity contribution >= 4 is 32.5 Å². The Morgan fingerprint density at radius 3 is 3.00 bits per heavy atom. The SMILES string of the molecule is CCNc1c2c(nc3c(F)ccc(Br)c13)CCC2. The number of rotatable bonds is 2. The summed E-state index contributed by atoms with van der Waals surface area (Å²) in [6.45, 7) is 2.88. The van der Waals surface area contributed by atoms with Crippen LogP contribution in [0.15, 0.2) is 16.6 Å². The van der Waals surface area contributed by atoms with E-state index in [2.05, 4.69) is 33.2 Å². The monoisotopic (exact) mass is 308 g/mol. The van der Waals surface area contributed by atoms with Gasteiger partial charge in [0.05, 0.1) is 0 Å². The van der Waals surface area contributed by atoms with Crippen molar-refractivity contribution in [3.05, 3.63) is 33.7 Å². The molecule has 3 rings (SSSR count). The second-order valence-corrected chi connectivity index (χ2v) is 5.40. The minimum Gasteiger partial charge on any atom is -0.384 e. The molecule has 2 aromatic rings. The first kappa shape index (κ1) is 11.9. The summed E-state index contributed by atoms with van der Waals surface area (Å²) in [5, 5.41) is 4.25. The fourth-order valence-corrected chi connectivity index (χ4v) is 3.18. The summed E-state index contributed by atoms with van der Waals surface area (Å²) in [4.78, 5) is 4.51. The molecule has 0 aliphatic heterocycles. The van der Waals surface area contributed by atoms with E-state index in [9.17, 15) is 4.39 Å². The molecule has 0 saturated heterocycles. The molecule has 0 atom stereocenters. The van der Waals surface area contributed by atoms with Gasteiger partial charge in [-0.05, 0) is 43.9 Å². The molecule has 1 aliphatic carbocycles. The van der Waals surface area contributed by atoms with Crippen LogP contribution in [0, 0.1) is 5.82 Å². The average Bonchev–Trinajstić information content (AvgIpc) is 2.82. The molecule has 4 heteroatoms. The Kier molecular flexibility index (Phi) is 2.98. The molecule has 1 aliphatic rings. The number of nitrogens with zero attached hydrogens (tertiary/aromatic N) is 1. The summed E-state index contributed by atoms with van der Waals surface area (Å²) in [5.74, 6) is -0.248.